The molecule has 3 aromatic rings. The predicted molar refractivity (Wildman–Crippen MR) is 89.0 cm³/mol. The van der Waals surface area contributed by atoms with Crippen molar-refractivity contribution in [2.45, 2.75) is 13.2 Å². The number of thiazole rings is 1. The minimum Gasteiger partial charge on any atom is -0.497 e. The van der Waals surface area contributed by atoms with Crippen LogP contribution in [-0.2, 0) is 18.0 Å². The minimum atomic E-state index is 0.529. The number of benzene rings is 2. The van der Waals surface area contributed by atoms with Gasteiger partial charge in [0.05, 0.1) is 26.0 Å². The summed E-state index contributed by atoms with van der Waals surface area (Å²) in [4.78, 5) is 4.62. The van der Waals surface area contributed by atoms with Crippen molar-refractivity contribution < 1.29 is 9.47 Å². The van der Waals surface area contributed by atoms with E-state index in [1.165, 1.54) is 5.56 Å². The molecule has 0 N–H and O–H groups in total. The van der Waals surface area contributed by atoms with E-state index in [1.54, 1.807) is 18.4 Å². The van der Waals surface area contributed by atoms with Crippen molar-refractivity contribution in [3.63, 3.8) is 0 Å². The molecule has 1 heterocycles. The highest BCUT2D eigenvalue weighted by Crippen LogP contribution is 2.26. The summed E-state index contributed by atoms with van der Waals surface area (Å²) < 4.78 is 10.9. The maximum absolute atomic E-state index is 5.72. The molecule has 3 nitrogen and oxygen atoms in total. The molecule has 0 fully saturated rings. The van der Waals surface area contributed by atoms with E-state index >= 15 is 0 Å². The molecule has 0 amide bonds. The highest BCUT2D eigenvalue weighted by molar-refractivity contribution is 7.13. The van der Waals surface area contributed by atoms with Gasteiger partial charge < -0.3 is 9.47 Å². The second-order valence-electron chi connectivity index (χ2n) is 4.85. The monoisotopic (exact) mass is 311 g/mol. The van der Waals surface area contributed by atoms with Crippen LogP contribution in [0.25, 0.3) is 10.6 Å². The van der Waals surface area contributed by atoms with Gasteiger partial charge in [0.15, 0.2) is 0 Å². The molecule has 0 bridgehead atoms. The Labute approximate surface area is 134 Å². The molecule has 3 rings (SSSR count). The summed E-state index contributed by atoms with van der Waals surface area (Å²) in [5.41, 5.74) is 3.24. The van der Waals surface area contributed by atoms with E-state index in [1.807, 2.05) is 47.8 Å². The fourth-order valence-corrected chi connectivity index (χ4v) is 2.90. The van der Waals surface area contributed by atoms with Gasteiger partial charge in [-0.2, -0.15) is 0 Å². The van der Waals surface area contributed by atoms with Crippen molar-refractivity contribution in [1.82, 2.24) is 4.98 Å². The Balaban J connectivity index is 1.58. The van der Waals surface area contributed by atoms with Crippen molar-refractivity contribution >= 4 is 11.3 Å². The standard InChI is InChI=1S/C18H17NO2S/c1-20-17-9-7-15(8-10-17)18-19-16(13-22-18)12-21-11-14-5-3-2-4-6-14/h2-10,13H,11-12H2,1H3. The zero-order valence-corrected chi connectivity index (χ0v) is 13.2. The van der Waals surface area contributed by atoms with E-state index in [0.29, 0.717) is 13.2 Å². The zero-order valence-electron chi connectivity index (χ0n) is 12.4. The Bertz CT molecular complexity index is 707. The zero-order chi connectivity index (χ0) is 15.2. The third-order valence-corrected chi connectivity index (χ3v) is 4.19. The van der Waals surface area contributed by atoms with E-state index in [0.717, 1.165) is 22.0 Å². The summed E-state index contributed by atoms with van der Waals surface area (Å²) in [6, 6.07) is 18.1. The third kappa shape index (κ3) is 3.72. The van der Waals surface area contributed by atoms with E-state index in [9.17, 15) is 0 Å². The van der Waals surface area contributed by atoms with Gasteiger partial charge in [-0.05, 0) is 29.8 Å². The molecule has 0 aliphatic carbocycles. The van der Waals surface area contributed by atoms with Crippen molar-refractivity contribution in [2.75, 3.05) is 7.11 Å². The van der Waals surface area contributed by atoms with Gasteiger partial charge >= 0.3 is 0 Å². The lowest BCUT2D eigenvalue weighted by Crippen LogP contribution is -1.94. The van der Waals surface area contributed by atoms with Crippen LogP contribution in [0.3, 0.4) is 0 Å². The number of ether oxygens (including phenoxy) is 2. The molecule has 4 heteroatoms. The van der Waals surface area contributed by atoms with Crippen molar-refractivity contribution in [3.8, 4) is 16.3 Å². The van der Waals surface area contributed by atoms with Crippen LogP contribution in [-0.4, -0.2) is 12.1 Å². The summed E-state index contributed by atoms with van der Waals surface area (Å²) >= 11 is 1.63. The van der Waals surface area contributed by atoms with Crippen LogP contribution < -0.4 is 4.74 Å². The van der Waals surface area contributed by atoms with Gasteiger partial charge in [-0.15, -0.1) is 11.3 Å². The lowest BCUT2D eigenvalue weighted by atomic mass is 10.2. The highest BCUT2D eigenvalue weighted by atomic mass is 32.1. The van der Waals surface area contributed by atoms with Gasteiger partial charge in [-0.1, -0.05) is 30.3 Å². The summed E-state index contributed by atoms with van der Waals surface area (Å²) in [7, 11) is 1.67. The van der Waals surface area contributed by atoms with E-state index in [4.69, 9.17) is 9.47 Å². The Morgan fingerprint density at radius 2 is 1.73 bits per heavy atom. The van der Waals surface area contributed by atoms with Crippen LogP contribution in [0.15, 0.2) is 60.0 Å². The summed E-state index contributed by atoms with van der Waals surface area (Å²) in [6.07, 6.45) is 0. The van der Waals surface area contributed by atoms with E-state index < -0.39 is 0 Å². The van der Waals surface area contributed by atoms with Crippen LogP contribution in [0.1, 0.15) is 11.3 Å². The normalized spacial score (nSPS) is 10.6. The second kappa shape index (κ2) is 7.20. The molecule has 0 aliphatic rings. The van der Waals surface area contributed by atoms with Gasteiger partial charge in [0.1, 0.15) is 10.8 Å². The average molecular weight is 311 g/mol. The summed E-state index contributed by atoms with van der Waals surface area (Å²) in [6.45, 7) is 1.14. The topological polar surface area (TPSA) is 31.4 Å². The molecule has 0 atom stereocenters. The molecule has 1 aromatic heterocycles. The van der Waals surface area contributed by atoms with Gasteiger partial charge in [0.2, 0.25) is 0 Å². The quantitative estimate of drug-likeness (QED) is 0.670. The average Bonchev–Trinajstić information content (AvgIpc) is 3.05. The van der Waals surface area contributed by atoms with Gasteiger partial charge in [-0.3, -0.25) is 0 Å². The molecule has 0 saturated carbocycles. The lowest BCUT2D eigenvalue weighted by Gasteiger charge is -2.02. The molecule has 0 saturated heterocycles. The number of hydrogen-bond donors (Lipinski definition) is 0. The smallest absolute Gasteiger partial charge is 0.123 e. The van der Waals surface area contributed by atoms with Gasteiger partial charge in [-0.25, -0.2) is 4.98 Å². The summed E-state index contributed by atoms with van der Waals surface area (Å²) in [5.74, 6) is 0.853. The van der Waals surface area contributed by atoms with Crippen molar-refractivity contribution in [2.24, 2.45) is 0 Å². The third-order valence-electron chi connectivity index (χ3n) is 3.25. The second-order valence-corrected chi connectivity index (χ2v) is 5.71. The predicted octanol–water partition coefficient (Wildman–Crippen LogP) is 4.54. The number of methoxy groups -OCH3 is 1. The first kappa shape index (κ1) is 14.8. The van der Waals surface area contributed by atoms with Crippen molar-refractivity contribution in [1.29, 1.82) is 0 Å². The maximum Gasteiger partial charge on any atom is 0.123 e. The molecule has 0 aliphatic heterocycles. The van der Waals surface area contributed by atoms with Crippen molar-refractivity contribution in [3.05, 3.63) is 71.2 Å². The first-order valence-corrected chi connectivity index (χ1v) is 7.93. The molecule has 0 radical (unpaired) electrons. The lowest BCUT2D eigenvalue weighted by molar-refractivity contribution is 0.105. The van der Waals surface area contributed by atoms with Gasteiger partial charge in [0, 0.05) is 10.9 Å². The first-order chi connectivity index (χ1) is 10.8. The fourth-order valence-electron chi connectivity index (χ4n) is 2.09. The number of aromatic nitrogens is 1. The molecule has 112 valence electrons. The maximum atomic E-state index is 5.72. The van der Waals surface area contributed by atoms with Crippen LogP contribution in [0.4, 0.5) is 0 Å². The Morgan fingerprint density at radius 3 is 2.45 bits per heavy atom. The first-order valence-electron chi connectivity index (χ1n) is 7.05. The van der Waals surface area contributed by atoms with E-state index in [2.05, 4.69) is 17.1 Å². The van der Waals surface area contributed by atoms with Crippen LogP contribution in [0, 0.1) is 0 Å². The number of hydrogen-bond acceptors (Lipinski definition) is 4. The van der Waals surface area contributed by atoms with Crippen LogP contribution in [0.5, 0.6) is 5.75 Å². The van der Waals surface area contributed by atoms with Crippen LogP contribution >= 0.6 is 11.3 Å². The minimum absolute atomic E-state index is 0.529. The number of nitrogens with zero attached hydrogens (tertiary/aromatic N) is 1. The highest BCUT2D eigenvalue weighted by Gasteiger charge is 2.05. The molecule has 22 heavy (non-hydrogen) atoms. The number of rotatable bonds is 6. The Kier molecular flexibility index (Phi) is 4.83. The molecule has 2 aromatic carbocycles. The van der Waals surface area contributed by atoms with Crippen LogP contribution in [0.2, 0.25) is 0 Å². The Hall–Kier alpha value is -2.17. The SMILES string of the molecule is COc1ccc(-c2nc(COCc3ccccc3)cs2)cc1. The van der Waals surface area contributed by atoms with Gasteiger partial charge in [0.25, 0.3) is 0 Å². The van der Waals surface area contributed by atoms with E-state index in [-0.39, 0.29) is 0 Å². The molecular formula is C18H17NO2S. The largest absolute Gasteiger partial charge is 0.497 e. The Morgan fingerprint density at radius 1 is 0.955 bits per heavy atom. The summed E-state index contributed by atoms with van der Waals surface area (Å²) in [5, 5.41) is 3.05. The molecular weight excluding hydrogens is 294 g/mol. The molecule has 0 unspecified atom stereocenters. The molecule has 0 spiro atoms. The fraction of sp³-hybridized carbons (Fsp3) is 0.167.